The Balaban J connectivity index is 2.27. The molecule has 2 aromatic carbocycles. The third-order valence-electron chi connectivity index (χ3n) is 2.70. The molecule has 2 rings (SSSR count). The Morgan fingerprint density at radius 2 is 2.00 bits per heavy atom. The number of hydrogen-bond donors (Lipinski definition) is 0. The summed E-state index contributed by atoms with van der Waals surface area (Å²) in [4.78, 5) is 4.46. The van der Waals surface area contributed by atoms with Gasteiger partial charge in [0.2, 0.25) is 0 Å². The number of nitrogens with zero attached hydrogens (tertiary/aromatic N) is 1. The normalized spacial score (nSPS) is 10.9. The summed E-state index contributed by atoms with van der Waals surface area (Å²) in [5, 5.41) is 0.689. The Morgan fingerprint density at radius 1 is 1.21 bits per heavy atom. The van der Waals surface area contributed by atoms with Crippen molar-refractivity contribution in [2.45, 2.75) is 6.92 Å². The second kappa shape index (κ2) is 6.22. The van der Waals surface area contributed by atoms with Gasteiger partial charge < -0.3 is 4.74 Å². The second-order valence-corrected chi connectivity index (χ2v) is 5.37. The van der Waals surface area contributed by atoms with Gasteiger partial charge >= 0.3 is 0 Å². The summed E-state index contributed by atoms with van der Waals surface area (Å²) >= 11 is 9.42. The van der Waals surface area contributed by atoms with E-state index >= 15 is 0 Å². The lowest BCUT2D eigenvalue weighted by molar-refractivity contribution is 0.412. The minimum absolute atomic E-state index is 0.689. The van der Waals surface area contributed by atoms with Crippen molar-refractivity contribution in [3.8, 4) is 5.75 Å². The fourth-order valence-corrected chi connectivity index (χ4v) is 2.35. The molecule has 0 aliphatic heterocycles. The zero-order valence-electron chi connectivity index (χ0n) is 10.7. The first kappa shape index (κ1) is 14.1. The Morgan fingerprint density at radius 3 is 2.68 bits per heavy atom. The highest BCUT2D eigenvalue weighted by Gasteiger charge is 2.00. The van der Waals surface area contributed by atoms with Crippen molar-refractivity contribution >= 4 is 39.4 Å². The van der Waals surface area contributed by atoms with E-state index in [1.165, 1.54) is 0 Å². The zero-order valence-corrected chi connectivity index (χ0v) is 13.0. The maximum atomic E-state index is 5.97. The molecule has 19 heavy (non-hydrogen) atoms. The molecule has 0 radical (unpaired) electrons. The van der Waals surface area contributed by atoms with Crippen molar-refractivity contribution in [2.24, 2.45) is 4.99 Å². The number of aliphatic imine (C=N–C) groups is 1. The Bertz CT molecular complexity index is 626. The predicted molar refractivity (Wildman–Crippen MR) is 84.1 cm³/mol. The van der Waals surface area contributed by atoms with Crippen molar-refractivity contribution in [3.05, 3.63) is 57.0 Å². The van der Waals surface area contributed by atoms with Crippen LogP contribution < -0.4 is 4.74 Å². The number of aryl methyl sites for hydroxylation is 1. The molecule has 0 atom stereocenters. The maximum Gasteiger partial charge on any atom is 0.133 e. The summed E-state index contributed by atoms with van der Waals surface area (Å²) in [7, 11) is 1.64. The lowest BCUT2D eigenvalue weighted by Crippen LogP contribution is -1.87. The average Bonchev–Trinajstić information content (AvgIpc) is 2.40. The third-order valence-corrected chi connectivity index (χ3v) is 3.55. The molecule has 0 fully saturated rings. The molecule has 4 heteroatoms. The van der Waals surface area contributed by atoms with Crippen LogP contribution in [0.25, 0.3) is 0 Å². The van der Waals surface area contributed by atoms with Gasteiger partial charge in [0.05, 0.1) is 17.3 Å². The quantitative estimate of drug-likeness (QED) is 0.707. The summed E-state index contributed by atoms with van der Waals surface area (Å²) < 4.78 is 6.09. The van der Waals surface area contributed by atoms with Gasteiger partial charge in [0.25, 0.3) is 0 Å². The van der Waals surface area contributed by atoms with Gasteiger partial charge in [0.1, 0.15) is 5.75 Å². The van der Waals surface area contributed by atoms with Gasteiger partial charge in [-0.3, -0.25) is 4.99 Å². The molecule has 0 amide bonds. The van der Waals surface area contributed by atoms with E-state index in [-0.39, 0.29) is 0 Å². The number of hydrogen-bond acceptors (Lipinski definition) is 2. The van der Waals surface area contributed by atoms with Gasteiger partial charge in [-0.25, -0.2) is 0 Å². The molecule has 2 aromatic rings. The van der Waals surface area contributed by atoms with Crippen molar-refractivity contribution in [3.63, 3.8) is 0 Å². The maximum absolute atomic E-state index is 5.97. The van der Waals surface area contributed by atoms with Crippen molar-refractivity contribution in [2.75, 3.05) is 7.11 Å². The van der Waals surface area contributed by atoms with Crippen LogP contribution in [0.2, 0.25) is 5.02 Å². The summed E-state index contributed by atoms with van der Waals surface area (Å²) in [6, 6.07) is 11.5. The van der Waals surface area contributed by atoms with Crippen LogP contribution in [-0.4, -0.2) is 13.3 Å². The number of methoxy groups -OCH3 is 1. The summed E-state index contributed by atoms with van der Waals surface area (Å²) in [5.41, 5.74) is 2.96. The molecule has 0 aliphatic rings. The van der Waals surface area contributed by atoms with Crippen LogP contribution in [0.1, 0.15) is 11.1 Å². The van der Waals surface area contributed by atoms with Crippen LogP contribution >= 0.6 is 27.5 Å². The van der Waals surface area contributed by atoms with Crippen LogP contribution in [0, 0.1) is 6.92 Å². The minimum atomic E-state index is 0.689. The van der Waals surface area contributed by atoms with E-state index in [4.69, 9.17) is 16.3 Å². The van der Waals surface area contributed by atoms with Gasteiger partial charge in [0, 0.05) is 11.2 Å². The minimum Gasteiger partial charge on any atom is -0.496 e. The average molecular weight is 339 g/mol. The van der Waals surface area contributed by atoms with Crippen molar-refractivity contribution in [1.82, 2.24) is 0 Å². The molecular weight excluding hydrogens is 326 g/mol. The Labute approximate surface area is 126 Å². The highest BCUT2D eigenvalue weighted by molar-refractivity contribution is 9.10. The summed E-state index contributed by atoms with van der Waals surface area (Å²) in [5.74, 6) is 0.802. The van der Waals surface area contributed by atoms with E-state index in [0.717, 1.165) is 27.0 Å². The molecule has 0 aromatic heterocycles. The second-order valence-electron chi connectivity index (χ2n) is 4.08. The third kappa shape index (κ3) is 3.58. The number of ether oxygens (including phenoxy) is 1. The van der Waals surface area contributed by atoms with Crippen LogP contribution in [0.15, 0.2) is 45.9 Å². The molecule has 0 unspecified atom stereocenters. The zero-order chi connectivity index (χ0) is 13.8. The van der Waals surface area contributed by atoms with Gasteiger partial charge in [-0.1, -0.05) is 17.7 Å². The van der Waals surface area contributed by atoms with Gasteiger partial charge in [0.15, 0.2) is 0 Å². The molecule has 0 heterocycles. The summed E-state index contributed by atoms with van der Waals surface area (Å²) in [6.07, 6.45) is 1.81. The van der Waals surface area contributed by atoms with Crippen molar-refractivity contribution < 1.29 is 4.74 Å². The standard InChI is InChI=1S/C15H13BrClNO/c1-10-3-5-12(17)8-14(10)18-9-11-4-6-15(19-2)13(16)7-11/h3-9H,1-2H3. The fraction of sp³-hybridized carbons (Fsp3) is 0.133. The van der Waals surface area contributed by atoms with E-state index < -0.39 is 0 Å². The molecule has 0 N–H and O–H groups in total. The smallest absolute Gasteiger partial charge is 0.133 e. The van der Waals surface area contributed by atoms with Gasteiger partial charge in [-0.05, 0) is 64.3 Å². The van der Waals surface area contributed by atoms with E-state index in [1.807, 2.05) is 49.5 Å². The molecule has 0 aliphatic carbocycles. The monoisotopic (exact) mass is 337 g/mol. The van der Waals surface area contributed by atoms with Crippen LogP contribution in [0.3, 0.4) is 0 Å². The first-order chi connectivity index (χ1) is 9.10. The first-order valence-electron chi connectivity index (χ1n) is 5.74. The molecule has 0 spiro atoms. The lowest BCUT2D eigenvalue weighted by atomic mass is 10.2. The van der Waals surface area contributed by atoms with Crippen LogP contribution in [0.5, 0.6) is 5.75 Å². The van der Waals surface area contributed by atoms with Gasteiger partial charge in [-0.15, -0.1) is 0 Å². The van der Waals surface area contributed by atoms with Gasteiger partial charge in [-0.2, -0.15) is 0 Å². The molecule has 0 bridgehead atoms. The number of halogens is 2. The molecular formula is C15H13BrClNO. The Kier molecular flexibility index (Phi) is 4.61. The SMILES string of the molecule is COc1ccc(C=Nc2cc(Cl)ccc2C)cc1Br. The molecule has 98 valence electrons. The van der Waals surface area contributed by atoms with Crippen LogP contribution in [0.4, 0.5) is 5.69 Å². The molecule has 2 nitrogen and oxygen atoms in total. The van der Waals surface area contributed by atoms with E-state index in [0.29, 0.717) is 5.02 Å². The fourth-order valence-electron chi connectivity index (χ4n) is 1.63. The van der Waals surface area contributed by atoms with Crippen molar-refractivity contribution in [1.29, 1.82) is 0 Å². The molecule has 0 saturated carbocycles. The first-order valence-corrected chi connectivity index (χ1v) is 6.91. The topological polar surface area (TPSA) is 21.6 Å². The number of benzene rings is 2. The predicted octanol–water partition coefficient (Wildman–Crippen LogP) is 5.17. The Hall–Kier alpha value is -1.32. The molecule has 0 saturated heterocycles. The van der Waals surface area contributed by atoms with E-state index in [9.17, 15) is 0 Å². The largest absolute Gasteiger partial charge is 0.496 e. The highest BCUT2D eigenvalue weighted by Crippen LogP contribution is 2.26. The van der Waals surface area contributed by atoms with Crippen LogP contribution in [-0.2, 0) is 0 Å². The highest BCUT2D eigenvalue weighted by atomic mass is 79.9. The van der Waals surface area contributed by atoms with E-state index in [2.05, 4.69) is 20.9 Å². The number of rotatable bonds is 3. The lowest BCUT2D eigenvalue weighted by Gasteiger charge is -2.04. The summed E-state index contributed by atoms with van der Waals surface area (Å²) in [6.45, 7) is 2.01. The van der Waals surface area contributed by atoms with E-state index in [1.54, 1.807) is 7.11 Å².